The first-order valence-electron chi connectivity index (χ1n) is 9.41. The van der Waals surface area contributed by atoms with Crippen molar-refractivity contribution in [3.8, 4) is 0 Å². The van der Waals surface area contributed by atoms with Crippen LogP contribution in [0.15, 0.2) is 30.3 Å². The van der Waals surface area contributed by atoms with E-state index in [1.807, 2.05) is 0 Å². The average Bonchev–Trinajstić information content (AvgIpc) is 2.57. The van der Waals surface area contributed by atoms with Crippen LogP contribution in [0.4, 0.5) is 0 Å². The van der Waals surface area contributed by atoms with Crippen molar-refractivity contribution in [1.29, 1.82) is 0 Å². The maximum atomic E-state index is 6.67. The molecule has 23 heavy (non-hydrogen) atoms. The maximum Gasteiger partial charge on any atom is 0.0704 e. The third-order valence-corrected chi connectivity index (χ3v) is 10.2. The molecule has 0 amide bonds. The van der Waals surface area contributed by atoms with Crippen LogP contribution in [0.1, 0.15) is 50.0 Å². The molecule has 128 valence electrons. The van der Waals surface area contributed by atoms with Crippen molar-refractivity contribution >= 4 is 19.0 Å². The van der Waals surface area contributed by atoms with Gasteiger partial charge in [0, 0.05) is 29.4 Å². The second-order valence-electron chi connectivity index (χ2n) is 7.88. The van der Waals surface area contributed by atoms with Gasteiger partial charge in [0.25, 0.3) is 0 Å². The Morgan fingerprint density at radius 1 is 0.957 bits per heavy atom. The summed E-state index contributed by atoms with van der Waals surface area (Å²) in [7, 11) is 0.0704. The average molecular weight is 349 g/mol. The third-order valence-electron chi connectivity index (χ3n) is 6.04. The minimum Gasteiger partial charge on any atom is -0.379 e. The van der Waals surface area contributed by atoms with E-state index < -0.39 is 8.80 Å². The van der Waals surface area contributed by atoms with E-state index in [1.54, 1.807) is 0 Å². The summed E-state index contributed by atoms with van der Waals surface area (Å²) >= 11 is 0. The highest BCUT2D eigenvalue weighted by Crippen LogP contribution is 2.49. The van der Waals surface area contributed by atoms with Crippen LogP contribution in [-0.4, -0.2) is 42.7 Å². The lowest BCUT2D eigenvalue weighted by Crippen LogP contribution is -2.61. The molecule has 4 heteroatoms. The molecule has 3 rings (SSSR count). The molecule has 0 aromatic heterocycles. The fraction of sp³-hybridized carbons (Fsp3) is 0.684. The molecule has 0 spiro atoms. The standard InChI is InChI=1S/C19H32O2Si2/c1-23(2)19(13-7-9-15-21-19)17(16-10-4-3-5-11-16)18(22)12-6-8-14-20-18/h3-5,10-11,17,23H,6-9,12-15H2,1-2,22H3. The SMILES string of the molecule is C[SiH](C)C1(C(c2ccccc2)C2([SiH3])CCCCO2)CCCCO1. The molecule has 0 radical (unpaired) electrons. The predicted octanol–water partition coefficient (Wildman–Crippen LogP) is 3.00. The molecule has 3 unspecified atom stereocenters. The lowest BCUT2D eigenvalue weighted by atomic mass is 9.80. The monoisotopic (exact) mass is 348 g/mol. The zero-order valence-corrected chi connectivity index (χ0v) is 18.2. The topological polar surface area (TPSA) is 18.5 Å². The number of hydrogen-bond acceptors (Lipinski definition) is 2. The smallest absolute Gasteiger partial charge is 0.0704 e. The van der Waals surface area contributed by atoms with Crippen LogP contribution in [0, 0.1) is 0 Å². The summed E-state index contributed by atoms with van der Waals surface area (Å²) in [6.07, 6.45) is 7.50. The zero-order valence-electron chi connectivity index (χ0n) is 15.0. The number of benzene rings is 1. The molecule has 2 aliphatic rings. The van der Waals surface area contributed by atoms with Gasteiger partial charge < -0.3 is 9.47 Å². The van der Waals surface area contributed by atoms with Crippen molar-refractivity contribution in [2.45, 2.75) is 68.0 Å². The van der Waals surface area contributed by atoms with E-state index in [2.05, 4.69) is 43.4 Å². The van der Waals surface area contributed by atoms with Crippen LogP contribution in [-0.2, 0) is 9.47 Å². The molecule has 2 nitrogen and oxygen atoms in total. The zero-order chi connectivity index (χ0) is 16.3. The number of ether oxygens (including phenoxy) is 2. The number of rotatable bonds is 4. The Labute approximate surface area is 146 Å². The Kier molecular flexibility index (Phi) is 5.46. The Bertz CT molecular complexity index is 491. The van der Waals surface area contributed by atoms with E-state index in [0.717, 1.165) is 23.5 Å². The molecular weight excluding hydrogens is 316 g/mol. The molecule has 0 aliphatic carbocycles. The summed E-state index contributed by atoms with van der Waals surface area (Å²) in [6, 6.07) is 11.1. The lowest BCUT2D eigenvalue weighted by molar-refractivity contribution is -0.113. The Hall–Kier alpha value is -0.426. The second kappa shape index (κ2) is 7.22. The first kappa shape index (κ1) is 17.4. The van der Waals surface area contributed by atoms with E-state index >= 15 is 0 Å². The molecule has 2 heterocycles. The normalized spacial score (nSPS) is 33.7. The van der Waals surface area contributed by atoms with Crippen molar-refractivity contribution in [2.24, 2.45) is 0 Å². The minimum atomic E-state index is -1.01. The van der Waals surface area contributed by atoms with Crippen molar-refractivity contribution in [1.82, 2.24) is 0 Å². The van der Waals surface area contributed by atoms with Gasteiger partial charge in [0.05, 0.1) is 19.2 Å². The van der Waals surface area contributed by atoms with Crippen LogP contribution >= 0.6 is 0 Å². The third kappa shape index (κ3) is 3.36. The molecule has 2 saturated heterocycles. The predicted molar refractivity (Wildman–Crippen MR) is 103 cm³/mol. The van der Waals surface area contributed by atoms with E-state index in [4.69, 9.17) is 9.47 Å². The van der Waals surface area contributed by atoms with Crippen LogP contribution in [0.2, 0.25) is 13.1 Å². The summed E-state index contributed by atoms with van der Waals surface area (Å²) in [5.41, 5.74) is 1.45. The highest BCUT2D eigenvalue weighted by Gasteiger charge is 2.53. The molecule has 2 aliphatic heterocycles. The maximum absolute atomic E-state index is 6.67. The van der Waals surface area contributed by atoms with Gasteiger partial charge in [0.1, 0.15) is 0 Å². The second-order valence-corrected chi connectivity index (χ2v) is 12.9. The molecule has 3 atom stereocenters. The molecular formula is C19H32O2Si2. The summed E-state index contributed by atoms with van der Waals surface area (Å²) in [6.45, 7) is 6.83. The van der Waals surface area contributed by atoms with Gasteiger partial charge in [-0.25, -0.2) is 0 Å². The first-order chi connectivity index (χ1) is 11.1. The summed E-state index contributed by atoms with van der Waals surface area (Å²) in [5, 5.41) is 0.118. The largest absolute Gasteiger partial charge is 0.379 e. The molecule has 2 fully saturated rings. The van der Waals surface area contributed by atoms with Crippen molar-refractivity contribution in [2.75, 3.05) is 13.2 Å². The van der Waals surface area contributed by atoms with Crippen molar-refractivity contribution in [3.05, 3.63) is 35.9 Å². The molecule has 0 bridgehead atoms. The van der Waals surface area contributed by atoms with Crippen molar-refractivity contribution < 1.29 is 9.47 Å². The van der Waals surface area contributed by atoms with Gasteiger partial charge in [-0.3, -0.25) is 0 Å². The van der Waals surface area contributed by atoms with Gasteiger partial charge in [0.2, 0.25) is 0 Å². The fourth-order valence-corrected chi connectivity index (χ4v) is 8.99. The van der Waals surface area contributed by atoms with Crippen LogP contribution in [0.5, 0.6) is 0 Å². The van der Waals surface area contributed by atoms with E-state index in [1.165, 1.54) is 44.1 Å². The van der Waals surface area contributed by atoms with E-state index in [9.17, 15) is 0 Å². The van der Waals surface area contributed by atoms with E-state index in [-0.39, 0.29) is 10.4 Å². The Morgan fingerprint density at radius 2 is 1.61 bits per heavy atom. The summed E-state index contributed by atoms with van der Waals surface area (Å²) < 4.78 is 13.2. The number of hydrogen-bond donors (Lipinski definition) is 0. The Balaban J connectivity index is 2.06. The van der Waals surface area contributed by atoms with Gasteiger partial charge >= 0.3 is 0 Å². The van der Waals surface area contributed by atoms with Gasteiger partial charge in [0.15, 0.2) is 0 Å². The summed E-state index contributed by atoms with van der Waals surface area (Å²) in [4.78, 5) is 0. The van der Waals surface area contributed by atoms with Gasteiger partial charge in [-0.15, -0.1) is 0 Å². The lowest BCUT2D eigenvalue weighted by Gasteiger charge is -2.54. The van der Waals surface area contributed by atoms with Crippen LogP contribution in [0.3, 0.4) is 0 Å². The molecule has 0 N–H and O–H groups in total. The highest BCUT2D eigenvalue weighted by atomic mass is 28.3. The minimum absolute atomic E-state index is 0.0498. The van der Waals surface area contributed by atoms with Crippen LogP contribution in [0.25, 0.3) is 0 Å². The highest BCUT2D eigenvalue weighted by molar-refractivity contribution is 6.59. The van der Waals surface area contributed by atoms with Gasteiger partial charge in [-0.05, 0) is 44.1 Å². The first-order valence-corrected chi connectivity index (χ1v) is 13.3. The Morgan fingerprint density at radius 3 is 2.13 bits per heavy atom. The molecule has 0 saturated carbocycles. The van der Waals surface area contributed by atoms with Crippen molar-refractivity contribution in [3.63, 3.8) is 0 Å². The van der Waals surface area contributed by atoms with Crippen LogP contribution < -0.4 is 0 Å². The fourth-order valence-electron chi connectivity index (χ4n) is 4.83. The van der Waals surface area contributed by atoms with Gasteiger partial charge in [-0.1, -0.05) is 43.4 Å². The summed E-state index contributed by atoms with van der Waals surface area (Å²) in [5.74, 6) is 0.426. The molecule has 1 aromatic carbocycles. The molecule has 1 aromatic rings. The quantitative estimate of drug-likeness (QED) is 0.779. The van der Waals surface area contributed by atoms with Gasteiger partial charge in [-0.2, -0.15) is 0 Å². The van der Waals surface area contributed by atoms with E-state index in [0.29, 0.717) is 5.92 Å².